The van der Waals surface area contributed by atoms with Gasteiger partial charge >= 0.3 is 5.97 Å². The Balaban J connectivity index is 3.00. The lowest BCUT2D eigenvalue weighted by Gasteiger charge is -2.11. The fourth-order valence-electron chi connectivity index (χ4n) is 1.24. The Hall–Kier alpha value is -1.59. The number of aliphatic hydroxyl groups is 2. The van der Waals surface area contributed by atoms with Gasteiger partial charge in [-0.3, -0.25) is 4.79 Å². The second-order valence-electron chi connectivity index (χ2n) is 3.08. The van der Waals surface area contributed by atoms with Crippen molar-refractivity contribution in [1.29, 1.82) is 0 Å². The van der Waals surface area contributed by atoms with Crippen LogP contribution in [0.3, 0.4) is 0 Å². The summed E-state index contributed by atoms with van der Waals surface area (Å²) in [6.07, 6.45) is -1.66. The number of anilines is 1. The number of carbonyl (C=O) groups is 1. The molecule has 1 aromatic rings. The largest absolute Gasteiger partial charge is 0.469 e. The lowest BCUT2D eigenvalue weighted by Crippen LogP contribution is -2.09. The molecule has 0 heterocycles. The third kappa shape index (κ3) is 2.93. The first-order valence-corrected chi connectivity index (χ1v) is 4.36. The van der Waals surface area contributed by atoms with E-state index in [-0.39, 0.29) is 12.0 Å². The first-order valence-electron chi connectivity index (χ1n) is 4.36. The van der Waals surface area contributed by atoms with Crippen LogP contribution in [0.25, 0.3) is 0 Å². The van der Waals surface area contributed by atoms with Crippen LogP contribution in [0, 0.1) is 0 Å². The average Bonchev–Trinajstić information content (AvgIpc) is 2.20. The minimum absolute atomic E-state index is 0.0102. The summed E-state index contributed by atoms with van der Waals surface area (Å²) in [5, 5.41) is 18.1. The summed E-state index contributed by atoms with van der Waals surface area (Å²) in [7, 11) is 1.27. The molecule has 0 aliphatic heterocycles. The fourth-order valence-corrected chi connectivity index (χ4v) is 1.24. The van der Waals surface area contributed by atoms with Crippen LogP contribution < -0.4 is 5.73 Å². The second-order valence-corrected chi connectivity index (χ2v) is 3.08. The first-order chi connectivity index (χ1) is 7.04. The van der Waals surface area contributed by atoms with Crippen LogP contribution in [0.5, 0.6) is 0 Å². The summed E-state index contributed by atoms with van der Waals surface area (Å²) in [4.78, 5) is 11.0. The van der Waals surface area contributed by atoms with E-state index in [2.05, 4.69) is 4.74 Å². The van der Waals surface area contributed by atoms with Gasteiger partial charge in [0.05, 0.1) is 13.5 Å². The summed E-state index contributed by atoms with van der Waals surface area (Å²) >= 11 is 0. The van der Waals surface area contributed by atoms with Crippen LogP contribution in [0.2, 0.25) is 0 Å². The minimum atomic E-state index is -1.65. The van der Waals surface area contributed by atoms with Crippen molar-refractivity contribution in [3.63, 3.8) is 0 Å². The number of benzene rings is 1. The number of nitrogens with two attached hydrogens (primary N) is 1. The lowest BCUT2D eigenvalue weighted by molar-refractivity contribution is -0.139. The molecule has 0 unspecified atom stereocenters. The number of ether oxygens (including phenoxy) is 1. The molecule has 0 aromatic heterocycles. The van der Waals surface area contributed by atoms with Gasteiger partial charge in [0.25, 0.3) is 0 Å². The van der Waals surface area contributed by atoms with E-state index in [0.717, 1.165) is 0 Å². The number of hydrogen-bond donors (Lipinski definition) is 3. The number of carbonyl (C=O) groups excluding carboxylic acids is 1. The number of hydrogen-bond acceptors (Lipinski definition) is 5. The van der Waals surface area contributed by atoms with Gasteiger partial charge in [0.15, 0.2) is 6.29 Å². The highest BCUT2D eigenvalue weighted by atomic mass is 16.5. The monoisotopic (exact) mass is 211 g/mol. The predicted octanol–water partition coefficient (Wildman–Crippen LogP) is -0.0325. The van der Waals surface area contributed by atoms with Crippen LogP contribution in [0.4, 0.5) is 5.69 Å². The number of nitrogen functional groups attached to an aromatic ring is 1. The third-order valence-corrected chi connectivity index (χ3v) is 2.01. The summed E-state index contributed by atoms with van der Waals surface area (Å²) in [6, 6.07) is 4.58. The van der Waals surface area contributed by atoms with E-state index < -0.39 is 12.3 Å². The van der Waals surface area contributed by atoms with E-state index in [9.17, 15) is 4.79 Å². The Morgan fingerprint density at radius 1 is 1.53 bits per heavy atom. The Labute approximate surface area is 87.1 Å². The molecule has 5 nitrogen and oxygen atoms in total. The Bertz CT molecular complexity index is 362. The van der Waals surface area contributed by atoms with E-state index in [1.54, 1.807) is 12.1 Å². The van der Waals surface area contributed by atoms with Crippen molar-refractivity contribution in [2.24, 2.45) is 0 Å². The molecule has 0 fully saturated rings. The molecule has 82 valence electrons. The van der Waals surface area contributed by atoms with Crippen LogP contribution >= 0.6 is 0 Å². The first kappa shape index (κ1) is 11.5. The minimum Gasteiger partial charge on any atom is -0.469 e. The molecule has 0 radical (unpaired) electrons. The summed E-state index contributed by atoms with van der Waals surface area (Å²) < 4.78 is 4.49. The molecule has 0 aliphatic rings. The van der Waals surface area contributed by atoms with Crippen LogP contribution in [-0.2, 0) is 16.0 Å². The van der Waals surface area contributed by atoms with Gasteiger partial charge in [0.1, 0.15) is 0 Å². The topological polar surface area (TPSA) is 92.8 Å². The van der Waals surface area contributed by atoms with Gasteiger partial charge in [-0.05, 0) is 17.7 Å². The highest BCUT2D eigenvalue weighted by Gasteiger charge is 2.13. The maximum absolute atomic E-state index is 11.0. The van der Waals surface area contributed by atoms with Crippen molar-refractivity contribution in [2.45, 2.75) is 12.7 Å². The molecule has 0 atom stereocenters. The molecule has 0 saturated carbocycles. The molecule has 0 spiro atoms. The predicted molar refractivity (Wildman–Crippen MR) is 53.8 cm³/mol. The standard InChI is InChI=1S/C10H13NO4/c1-15-9(12)4-6-2-3-7(11)5-8(6)10(13)14/h2-3,5,10,13-14H,4,11H2,1H3. The van der Waals surface area contributed by atoms with Crippen molar-refractivity contribution in [3.8, 4) is 0 Å². The zero-order valence-electron chi connectivity index (χ0n) is 8.30. The number of esters is 1. The van der Waals surface area contributed by atoms with E-state index in [4.69, 9.17) is 15.9 Å². The SMILES string of the molecule is COC(=O)Cc1ccc(N)cc1C(O)O. The molecule has 4 N–H and O–H groups in total. The van der Waals surface area contributed by atoms with E-state index in [1.807, 2.05) is 0 Å². The zero-order chi connectivity index (χ0) is 11.4. The van der Waals surface area contributed by atoms with E-state index in [1.165, 1.54) is 13.2 Å². The molecular formula is C10H13NO4. The number of methoxy groups -OCH3 is 1. The average molecular weight is 211 g/mol. The number of aliphatic hydroxyl groups excluding tert-OH is 1. The Kier molecular flexibility index (Phi) is 3.65. The molecule has 0 amide bonds. The maximum Gasteiger partial charge on any atom is 0.309 e. The molecule has 1 aromatic carbocycles. The molecule has 15 heavy (non-hydrogen) atoms. The highest BCUT2D eigenvalue weighted by molar-refractivity contribution is 5.73. The van der Waals surface area contributed by atoms with Crippen molar-refractivity contribution >= 4 is 11.7 Å². The molecular weight excluding hydrogens is 198 g/mol. The zero-order valence-corrected chi connectivity index (χ0v) is 8.30. The van der Waals surface area contributed by atoms with Crippen molar-refractivity contribution in [1.82, 2.24) is 0 Å². The van der Waals surface area contributed by atoms with E-state index in [0.29, 0.717) is 11.3 Å². The summed E-state index contributed by atoms with van der Waals surface area (Å²) in [6.45, 7) is 0. The molecule has 5 heteroatoms. The van der Waals surface area contributed by atoms with Crippen molar-refractivity contribution in [2.75, 3.05) is 12.8 Å². The van der Waals surface area contributed by atoms with Crippen LogP contribution in [-0.4, -0.2) is 23.3 Å². The fraction of sp³-hybridized carbons (Fsp3) is 0.300. The Morgan fingerprint density at radius 3 is 2.73 bits per heavy atom. The van der Waals surface area contributed by atoms with Gasteiger partial charge in [-0.1, -0.05) is 6.07 Å². The van der Waals surface area contributed by atoms with Gasteiger partial charge in [0, 0.05) is 11.3 Å². The van der Waals surface area contributed by atoms with Crippen molar-refractivity contribution < 1.29 is 19.7 Å². The second kappa shape index (κ2) is 4.77. The van der Waals surface area contributed by atoms with E-state index >= 15 is 0 Å². The van der Waals surface area contributed by atoms with Crippen molar-refractivity contribution in [3.05, 3.63) is 29.3 Å². The normalized spacial score (nSPS) is 10.4. The highest BCUT2D eigenvalue weighted by Crippen LogP contribution is 2.20. The lowest BCUT2D eigenvalue weighted by atomic mass is 10.0. The third-order valence-electron chi connectivity index (χ3n) is 2.01. The maximum atomic E-state index is 11.0. The van der Waals surface area contributed by atoms with Gasteiger partial charge < -0.3 is 20.7 Å². The van der Waals surface area contributed by atoms with Crippen LogP contribution in [0.1, 0.15) is 17.4 Å². The van der Waals surface area contributed by atoms with Gasteiger partial charge in [-0.15, -0.1) is 0 Å². The molecule has 0 aliphatic carbocycles. The van der Waals surface area contributed by atoms with Gasteiger partial charge in [-0.2, -0.15) is 0 Å². The van der Waals surface area contributed by atoms with Crippen LogP contribution in [0.15, 0.2) is 18.2 Å². The number of rotatable bonds is 3. The molecule has 1 rings (SSSR count). The smallest absolute Gasteiger partial charge is 0.309 e. The summed E-state index contributed by atoms with van der Waals surface area (Å²) in [5.41, 5.74) is 6.61. The summed E-state index contributed by atoms with van der Waals surface area (Å²) in [5.74, 6) is -0.443. The molecule has 0 bridgehead atoms. The van der Waals surface area contributed by atoms with Gasteiger partial charge in [-0.25, -0.2) is 0 Å². The Morgan fingerprint density at radius 2 is 2.20 bits per heavy atom. The van der Waals surface area contributed by atoms with Gasteiger partial charge in [0.2, 0.25) is 0 Å². The molecule has 0 saturated heterocycles. The quantitative estimate of drug-likeness (QED) is 0.371.